The van der Waals surface area contributed by atoms with E-state index in [2.05, 4.69) is 10.3 Å². The molecule has 0 aromatic heterocycles. The molecule has 0 spiro atoms. The van der Waals surface area contributed by atoms with Gasteiger partial charge in [-0.2, -0.15) is 0 Å². The van der Waals surface area contributed by atoms with Crippen LogP contribution in [0.1, 0.15) is 58.3 Å². The Kier molecular flexibility index (Phi) is 5.49. The zero-order valence-corrected chi connectivity index (χ0v) is 12.3. The number of hydrogen-bond donors (Lipinski definition) is 2. The van der Waals surface area contributed by atoms with Gasteiger partial charge in [0.15, 0.2) is 5.96 Å². The van der Waals surface area contributed by atoms with Crippen molar-refractivity contribution in [2.75, 3.05) is 19.8 Å². The summed E-state index contributed by atoms with van der Waals surface area (Å²) in [6.45, 7) is 4.59. The minimum absolute atomic E-state index is 0.397. The van der Waals surface area contributed by atoms with Crippen LogP contribution in [-0.2, 0) is 4.74 Å². The monoisotopic (exact) mass is 267 g/mol. The Morgan fingerprint density at radius 1 is 1.32 bits per heavy atom. The van der Waals surface area contributed by atoms with Crippen LogP contribution < -0.4 is 11.1 Å². The van der Waals surface area contributed by atoms with Crippen molar-refractivity contribution in [3.63, 3.8) is 0 Å². The SMILES string of the molecule is CCOCCC1(CN=C(N)NC2CCCCC2)CC1. The van der Waals surface area contributed by atoms with Crippen molar-refractivity contribution in [1.29, 1.82) is 0 Å². The fourth-order valence-electron chi connectivity index (χ4n) is 2.85. The third-order valence-corrected chi connectivity index (χ3v) is 4.48. The topological polar surface area (TPSA) is 59.6 Å². The second kappa shape index (κ2) is 7.13. The molecule has 0 heterocycles. The largest absolute Gasteiger partial charge is 0.382 e. The second-order valence-electron chi connectivity index (χ2n) is 6.13. The van der Waals surface area contributed by atoms with Gasteiger partial charge in [0, 0.05) is 25.8 Å². The first-order valence-corrected chi connectivity index (χ1v) is 7.88. The summed E-state index contributed by atoms with van der Waals surface area (Å²) in [5.74, 6) is 0.648. The molecule has 2 rings (SSSR count). The molecular weight excluding hydrogens is 238 g/mol. The molecule has 110 valence electrons. The van der Waals surface area contributed by atoms with E-state index in [0.29, 0.717) is 17.4 Å². The smallest absolute Gasteiger partial charge is 0.188 e. The highest BCUT2D eigenvalue weighted by atomic mass is 16.5. The minimum atomic E-state index is 0.397. The molecule has 3 N–H and O–H groups in total. The summed E-state index contributed by atoms with van der Waals surface area (Å²) in [6.07, 6.45) is 10.2. The maximum absolute atomic E-state index is 6.00. The summed E-state index contributed by atoms with van der Waals surface area (Å²) in [5, 5.41) is 3.38. The molecule has 0 saturated heterocycles. The van der Waals surface area contributed by atoms with Gasteiger partial charge < -0.3 is 15.8 Å². The van der Waals surface area contributed by atoms with E-state index in [1.807, 2.05) is 6.92 Å². The number of rotatable bonds is 7. The van der Waals surface area contributed by atoms with Crippen LogP contribution >= 0.6 is 0 Å². The molecule has 0 aliphatic heterocycles. The van der Waals surface area contributed by atoms with Crippen molar-refractivity contribution in [2.24, 2.45) is 16.1 Å². The Labute approximate surface area is 117 Å². The predicted molar refractivity (Wildman–Crippen MR) is 79.3 cm³/mol. The van der Waals surface area contributed by atoms with E-state index in [4.69, 9.17) is 10.5 Å². The number of nitrogens with two attached hydrogens (primary N) is 1. The lowest BCUT2D eigenvalue weighted by atomic mass is 9.96. The average molecular weight is 267 g/mol. The fourth-order valence-corrected chi connectivity index (χ4v) is 2.85. The molecule has 0 aromatic carbocycles. The zero-order chi connectivity index (χ0) is 13.6. The summed E-state index contributed by atoms with van der Waals surface area (Å²) in [7, 11) is 0. The molecule has 0 bridgehead atoms. The van der Waals surface area contributed by atoms with Gasteiger partial charge >= 0.3 is 0 Å². The number of guanidine groups is 1. The molecule has 2 aliphatic carbocycles. The van der Waals surface area contributed by atoms with E-state index in [1.165, 1.54) is 44.9 Å². The molecule has 2 fully saturated rings. The standard InChI is InChI=1S/C15H29N3O/c1-2-19-11-10-15(8-9-15)12-17-14(16)18-13-6-4-3-5-7-13/h13H,2-12H2,1H3,(H3,16,17,18). The van der Waals surface area contributed by atoms with Crippen molar-refractivity contribution < 1.29 is 4.74 Å². The van der Waals surface area contributed by atoms with Crippen LogP contribution in [0.25, 0.3) is 0 Å². The van der Waals surface area contributed by atoms with Gasteiger partial charge in [0.1, 0.15) is 0 Å². The second-order valence-corrected chi connectivity index (χ2v) is 6.13. The van der Waals surface area contributed by atoms with Gasteiger partial charge in [-0.05, 0) is 44.4 Å². The van der Waals surface area contributed by atoms with Gasteiger partial charge in [0.2, 0.25) is 0 Å². The summed E-state index contributed by atoms with van der Waals surface area (Å²) in [5.41, 5.74) is 6.40. The van der Waals surface area contributed by atoms with Gasteiger partial charge in [-0.15, -0.1) is 0 Å². The maximum atomic E-state index is 6.00. The third-order valence-electron chi connectivity index (χ3n) is 4.48. The van der Waals surface area contributed by atoms with E-state index >= 15 is 0 Å². The minimum Gasteiger partial charge on any atom is -0.382 e. The van der Waals surface area contributed by atoms with E-state index < -0.39 is 0 Å². The lowest BCUT2D eigenvalue weighted by Crippen LogP contribution is -2.41. The number of nitrogens with zero attached hydrogens (tertiary/aromatic N) is 1. The molecule has 2 saturated carbocycles. The first kappa shape index (κ1) is 14.6. The highest BCUT2D eigenvalue weighted by Crippen LogP contribution is 2.48. The number of hydrogen-bond acceptors (Lipinski definition) is 2. The van der Waals surface area contributed by atoms with E-state index in [1.54, 1.807) is 0 Å². The summed E-state index contributed by atoms with van der Waals surface area (Å²) in [4.78, 5) is 4.56. The molecule has 0 aromatic rings. The molecular formula is C15H29N3O. The van der Waals surface area contributed by atoms with Crippen molar-refractivity contribution in [1.82, 2.24) is 5.32 Å². The van der Waals surface area contributed by atoms with Crippen molar-refractivity contribution >= 4 is 5.96 Å². The number of aliphatic imine (C=N–C) groups is 1. The van der Waals surface area contributed by atoms with Crippen LogP contribution in [0, 0.1) is 5.41 Å². The quantitative estimate of drug-likeness (QED) is 0.423. The zero-order valence-electron chi connectivity index (χ0n) is 12.3. The normalized spacial score (nSPS) is 23.3. The molecule has 0 unspecified atom stereocenters. The van der Waals surface area contributed by atoms with Crippen molar-refractivity contribution in [3.05, 3.63) is 0 Å². The van der Waals surface area contributed by atoms with Crippen molar-refractivity contribution in [2.45, 2.75) is 64.3 Å². The molecule has 4 heteroatoms. The fraction of sp³-hybridized carbons (Fsp3) is 0.933. The maximum Gasteiger partial charge on any atom is 0.188 e. The van der Waals surface area contributed by atoms with E-state index in [0.717, 1.165) is 26.2 Å². The summed E-state index contributed by atoms with van der Waals surface area (Å²) in [6, 6.07) is 0.552. The van der Waals surface area contributed by atoms with Gasteiger partial charge in [0.05, 0.1) is 0 Å². The van der Waals surface area contributed by atoms with Gasteiger partial charge in [-0.25, -0.2) is 0 Å². The first-order chi connectivity index (χ1) is 9.24. The van der Waals surface area contributed by atoms with Crippen molar-refractivity contribution in [3.8, 4) is 0 Å². The lowest BCUT2D eigenvalue weighted by Gasteiger charge is -2.23. The molecule has 4 nitrogen and oxygen atoms in total. The molecule has 2 aliphatic rings. The Morgan fingerprint density at radius 2 is 2.05 bits per heavy atom. The Balaban J connectivity index is 1.68. The summed E-state index contributed by atoms with van der Waals surface area (Å²) < 4.78 is 5.44. The van der Waals surface area contributed by atoms with E-state index in [9.17, 15) is 0 Å². The first-order valence-electron chi connectivity index (χ1n) is 7.88. The number of ether oxygens (including phenoxy) is 1. The predicted octanol–water partition coefficient (Wildman–Crippen LogP) is 2.43. The molecule has 0 amide bonds. The van der Waals surface area contributed by atoms with Crippen LogP contribution in [0.3, 0.4) is 0 Å². The van der Waals surface area contributed by atoms with Crippen LogP contribution in [0.5, 0.6) is 0 Å². The molecule has 0 atom stereocenters. The highest BCUT2D eigenvalue weighted by molar-refractivity contribution is 5.78. The van der Waals surface area contributed by atoms with Gasteiger partial charge in [0.25, 0.3) is 0 Å². The van der Waals surface area contributed by atoms with Crippen LogP contribution in [0.15, 0.2) is 4.99 Å². The van der Waals surface area contributed by atoms with Crippen LogP contribution in [0.4, 0.5) is 0 Å². The third kappa shape index (κ3) is 5.01. The van der Waals surface area contributed by atoms with Crippen LogP contribution in [-0.4, -0.2) is 31.8 Å². The van der Waals surface area contributed by atoms with Gasteiger partial charge in [-0.3, -0.25) is 4.99 Å². The highest BCUT2D eigenvalue weighted by Gasteiger charge is 2.41. The van der Waals surface area contributed by atoms with Crippen LogP contribution in [0.2, 0.25) is 0 Å². The summed E-state index contributed by atoms with van der Waals surface area (Å²) >= 11 is 0. The lowest BCUT2D eigenvalue weighted by molar-refractivity contribution is 0.129. The molecule has 19 heavy (non-hydrogen) atoms. The average Bonchev–Trinajstić information content (AvgIpc) is 3.19. The van der Waals surface area contributed by atoms with E-state index in [-0.39, 0.29) is 0 Å². The Morgan fingerprint density at radius 3 is 2.68 bits per heavy atom. The Bertz CT molecular complexity index is 294. The number of nitrogens with one attached hydrogen (secondary N) is 1. The van der Waals surface area contributed by atoms with Gasteiger partial charge in [-0.1, -0.05) is 19.3 Å². The Hall–Kier alpha value is -0.770. The molecule has 0 radical (unpaired) electrons.